The Morgan fingerprint density at radius 2 is 1.94 bits per heavy atom. The molecule has 32 heavy (non-hydrogen) atoms. The summed E-state index contributed by atoms with van der Waals surface area (Å²) in [6.45, 7) is 4.56. The Morgan fingerprint density at radius 3 is 2.69 bits per heavy atom. The number of hydrogen-bond donors (Lipinski definition) is 1. The molecule has 4 rings (SSSR count). The number of methoxy groups -OCH3 is 1. The molecule has 2 aromatic carbocycles. The number of piperazine rings is 1. The van der Waals surface area contributed by atoms with Crippen LogP contribution in [0.2, 0.25) is 0 Å². The second-order valence-electron chi connectivity index (χ2n) is 7.79. The van der Waals surface area contributed by atoms with Gasteiger partial charge in [-0.25, -0.2) is 14.6 Å². The molecule has 1 unspecified atom stereocenters. The van der Waals surface area contributed by atoms with E-state index >= 15 is 0 Å². The zero-order valence-corrected chi connectivity index (χ0v) is 18.2. The van der Waals surface area contributed by atoms with E-state index < -0.39 is 5.97 Å². The highest BCUT2D eigenvalue weighted by Gasteiger charge is 2.26. The van der Waals surface area contributed by atoms with Gasteiger partial charge in [-0.2, -0.15) is 0 Å². The van der Waals surface area contributed by atoms with Crippen LogP contribution in [0.15, 0.2) is 48.8 Å². The third-order valence-electron chi connectivity index (χ3n) is 5.68. The second kappa shape index (κ2) is 9.27. The van der Waals surface area contributed by atoms with E-state index in [1.165, 1.54) is 0 Å². The number of amides is 2. The van der Waals surface area contributed by atoms with Crippen LogP contribution in [0.25, 0.3) is 16.7 Å². The first kappa shape index (κ1) is 21.6. The van der Waals surface area contributed by atoms with Gasteiger partial charge in [-0.15, -0.1) is 0 Å². The lowest BCUT2D eigenvalue weighted by Crippen LogP contribution is -2.55. The van der Waals surface area contributed by atoms with Crippen LogP contribution in [-0.4, -0.2) is 72.5 Å². The Labute approximate surface area is 186 Å². The standard InChI is InChI=1S/C23H27N5O4/c1-16-14-26(23(24)30)8-9-27(16)18-4-3-5-19(13-18)28-15-25-20-12-17(6-7-21(20)28)22(29)32-11-10-31-2/h3-7,12-13,15-16H,8-11,14H2,1-2H3,(H2,24,30). The number of ether oxygens (including phenoxy) is 2. The maximum atomic E-state index is 12.2. The first-order chi connectivity index (χ1) is 15.5. The van der Waals surface area contributed by atoms with Crippen LogP contribution < -0.4 is 10.6 Å². The lowest BCUT2D eigenvalue weighted by atomic mass is 10.1. The van der Waals surface area contributed by atoms with Crippen LogP contribution >= 0.6 is 0 Å². The number of carbonyl (C=O) groups excluding carboxylic acids is 2. The molecule has 9 nitrogen and oxygen atoms in total. The Morgan fingerprint density at radius 1 is 1.12 bits per heavy atom. The SMILES string of the molecule is COCCOC(=O)c1ccc2c(c1)ncn2-c1cccc(N2CCN(C(N)=O)CC2C)c1. The number of anilines is 1. The van der Waals surface area contributed by atoms with Gasteiger partial charge in [0.25, 0.3) is 0 Å². The summed E-state index contributed by atoms with van der Waals surface area (Å²) < 4.78 is 12.1. The highest BCUT2D eigenvalue weighted by atomic mass is 16.6. The molecule has 1 atom stereocenters. The summed E-state index contributed by atoms with van der Waals surface area (Å²) in [7, 11) is 1.56. The molecule has 2 heterocycles. The largest absolute Gasteiger partial charge is 0.460 e. The zero-order chi connectivity index (χ0) is 22.7. The maximum Gasteiger partial charge on any atom is 0.338 e. The number of benzene rings is 2. The summed E-state index contributed by atoms with van der Waals surface area (Å²) in [5.41, 5.74) is 9.52. The van der Waals surface area contributed by atoms with E-state index in [9.17, 15) is 9.59 Å². The van der Waals surface area contributed by atoms with E-state index in [1.54, 1.807) is 30.5 Å². The molecule has 0 bridgehead atoms. The molecule has 1 aliphatic heterocycles. The molecule has 2 amide bonds. The van der Waals surface area contributed by atoms with E-state index in [2.05, 4.69) is 28.9 Å². The number of aromatic nitrogens is 2. The minimum Gasteiger partial charge on any atom is -0.460 e. The van der Waals surface area contributed by atoms with Gasteiger partial charge >= 0.3 is 12.0 Å². The van der Waals surface area contributed by atoms with E-state index in [4.69, 9.17) is 15.2 Å². The molecular formula is C23H27N5O4. The molecule has 0 saturated carbocycles. The van der Waals surface area contributed by atoms with Crippen molar-refractivity contribution < 1.29 is 19.1 Å². The number of primary amides is 1. The highest BCUT2D eigenvalue weighted by molar-refractivity contribution is 5.94. The number of urea groups is 1. The second-order valence-corrected chi connectivity index (χ2v) is 7.79. The van der Waals surface area contributed by atoms with Crippen molar-refractivity contribution in [2.75, 3.05) is 44.9 Å². The summed E-state index contributed by atoms with van der Waals surface area (Å²) in [4.78, 5) is 32.1. The van der Waals surface area contributed by atoms with Crippen molar-refractivity contribution in [3.05, 3.63) is 54.4 Å². The van der Waals surface area contributed by atoms with Crippen LogP contribution in [0.5, 0.6) is 0 Å². The molecule has 2 N–H and O–H groups in total. The number of esters is 1. The molecule has 0 spiro atoms. The number of nitrogens with two attached hydrogens (primary N) is 1. The van der Waals surface area contributed by atoms with Gasteiger partial charge in [-0.1, -0.05) is 6.07 Å². The predicted molar refractivity (Wildman–Crippen MR) is 121 cm³/mol. The predicted octanol–water partition coefficient (Wildman–Crippen LogP) is 2.42. The Kier molecular flexibility index (Phi) is 6.27. The molecule has 1 saturated heterocycles. The minimum atomic E-state index is -0.399. The number of fused-ring (bicyclic) bond motifs is 1. The Balaban J connectivity index is 1.56. The van der Waals surface area contributed by atoms with Crippen molar-refractivity contribution in [2.24, 2.45) is 5.73 Å². The third-order valence-corrected chi connectivity index (χ3v) is 5.68. The first-order valence-corrected chi connectivity index (χ1v) is 10.5. The van der Waals surface area contributed by atoms with Gasteiger partial charge in [-0.05, 0) is 43.3 Å². The molecular weight excluding hydrogens is 410 g/mol. The normalized spacial score (nSPS) is 16.4. The topological polar surface area (TPSA) is 103 Å². The summed E-state index contributed by atoms with van der Waals surface area (Å²) in [6.07, 6.45) is 1.75. The van der Waals surface area contributed by atoms with Gasteiger partial charge in [0.05, 0.1) is 23.2 Å². The van der Waals surface area contributed by atoms with Crippen LogP contribution in [0.4, 0.5) is 10.5 Å². The lowest BCUT2D eigenvalue weighted by Gasteiger charge is -2.40. The van der Waals surface area contributed by atoms with Crippen molar-refractivity contribution in [1.82, 2.24) is 14.5 Å². The Hall–Kier alpha value is -3.59. The van der Waals surface area contributed by atoms with Crippen molar-refractivity contribution >= 4 is 28.7 Å². The molecule has 1 fully saturated rings. The van der Waals surface area contributed by atoms with Gasteiger partial charge < -0.3 is 25.0 Å². The molecule has 0 radical (unpaired) electrons. The average Bonchev–Trinajstić information content (AvgIpc) is 3.22. The van der Waals surface area contributed by atoms with E-state index in [0.29, 0.717) is 37.3 Å². The van der Waals surface area contributed by atoms with Gasteiger partial charge in [0.1, 0.15) is 12.9 Å². The molecule has 9 heteroatoms. The number of rotatable bonds is 6. The Bertz CT molecular complexity index is 1130. The number of hydrogen-bond acceptors (Lipinski definition) is 6. The van der Waals surface area contributed by atoms with Gasteiger partial charge in [0, 0.05) is 44.2 Å². The number of imidazole rings is 1. The molecule has 1 aromatic heterocycles. The fourth-order valence-corrected chi connectivity index (χ4v) is 4.01. The van der Waals surface area contributed by atoms with Crippen molar-refractivity contribution in [1.29, 1.82) is 0 Å². The van der Waals surface area contributed by atoms with Crippen LogP contribution in [0, 0.1) is 0 Å². The first-order valence-electron chi connectivity index (χ1n) is 10.5. The van der Waals surface area contributed by atoms with Crippen molar-refractivity contribution in [3.63, 3.8) is 0 Å². The van der Waals surface area contributed by atoms with Crippen LogP contribution in [0.1, 0.15) is 17.3 Å². The summed E-state index contributed by atoms with van der Waals surface area (Å²) in [6, 6.07) is 13.3. The number of carbonyl (C=O) groups is 2. The summed E-state index contributed by atoms with van der Waals surface area (Å²) >= 11 is 0. The van der Waals surface area contributed by atoms with Crippen LogP contribution in [-0.2, 0) is 9.47 Å². The third kappa shape index (κ3) is 4.38. The monoisotopic (exact) mass is 437 g/mol. The quantitative estimate of drug-likeness (QED) is 0.469. The average molecular weight is 438 g/mol. The summed E-state index contributed by atoms with van der Waals surface area (Å²) in [5.74, 6) is -0.399. The van der Waals surface area contributed by atoms with Gasteiger partial charge in [0.15, 0.2) is 0 Å². The molecule has 3 aromatic rings. The van der Waals surface area contributed by atoms with E-state index in [1.807, 2.05) is 22.8 Å². The van der Waals surface area contributed by atoms with E-state index in [0.717, 1.165) is 16.9 Å². The highest BCUT2D eigenvalue weighted by Crippen LogP contribution is 2.26. The van der Waals surface area contributed by atoms with Crippen LogP contribution in [0.3, 0.4) is 0 Å². The summed E-state index contributed by atoms with van der Waals surface area (Å²) in [5, 5.41) is 0. The van der Waals surface area contributed by atoms with Crippen molar-refractivity contribution in [2.45, 2.75) is 13.0 Å². The molecule has 168 valence electrons. The van der Waals surface area contributed by atoms with Gasteiger partial charge in [-0.3, -0.25) is 4.57 Å². The maximum absolute atomic E-state index is 12.2. The van der Waals surface area contributed by atoms with E-state index in [-0.39, 0.29) is 18.7 Å². The van der Waals surface area contributed by atoms with Gasteiger partial charge in [0.2, 0.25) is 0 Å². The minimum absolute atomic E-state index is 0.151. The molecule has 1 aliphatic rings. The lowest BCUT2D eigenvalue weighted by molar-refractivity contribution is 0.0388. The zero-order valence-electron chi connectivity index (χ0n) is 18.2. The fraction of sp³-hybridized carbons (Fsp3) is 0.348. The smallest absolute Gasteiger partial charge is 0.338 e. The number of nitrogens with zero attached hydrogens (tertiary/aromatic N) is 4. The fourth-order valence-electron chi connectivity index (χ4n) is 4.01. The molecule has 0 aliphatic carbocycles. The van der Waals surface area contributed by atoms with Crippen molar-refractivity contribution in [3.8, 4) is 5.69 Å².